The van der Waals surface area contributed by atoms with E-state index >= 15 is 0 Å². The first-order valence-electron chi connectivity index (χ1n) is 5.47. The van der Waals surface area contributed by atoms with Crippen LogP contribution in [0.5, 0.6) is 5.75 Å². The van der Waals surface area contributed by atoms with E-state index in [1.807, 2.05) is 12.1 Å². The summed E-state index contributed by atoms with van der Waals surface area (Å²) in [6.07, 6.45) is 0. The van der Waals surface area contributed by atoms with Crippen LogP contribution >= 0.6 is 0 Å². The zero-order chi connectivity index (χ0) is 10.9. The molecule has 1 aromatic rings. The Morgan fingerprint density at radius 2 is 1.93 bits per heavy atom. The molecule has 0 saturated carbocycles. The van der Waals surface area contributed by atoms with Crippen LogP contribution in [0.4, 0.5) is 0 Å². The molecule has 1 saturated heterocycles. The Hall–Kier alpha value is -1.02. The zero-order valence-corrected chi connectivity index (χ0v) is 9.62. The highest BCUT2D eigenvalue weighted by atomic mass is 16.6. The minimum Gasteiger partial charge on any atom is -0.493 e. The van der Waals surface area contributed by atoms with Crippen molar-refractivity contribution in [2.24, 2.45) is 5.92 Å². The number of benzene rings is 1. The predicted molar refractivity (Wildman–Crippen MR) is 60.1 cm³/mol. The number of hydrogen-bond donors (Lipinski definition) is 0. The van der Waals surface area contributed by atoms with Crippen LogP contribution in [0.1, 0.15) is 26.3 Å². The lowest BCUT2D eigenvalue weighted by molar-refractivity contribution is 0.270. The van der Waals surface area contributed by atoms with Crippen LogP contribution in [0.2, 0.25) is 0 Å². The van der Waals surface area contributed by atoms with E-state index in [1.165, 1.54) is 5.56 Å². The molecule has 1 aliphatic rings. The molecule has 0 N–H and O–H groups in total. The molecule has 0 spiro atoms. The van der Waals surface area contributed by atoms with Crippen LogP contribution in [-0.4, -0.2) is 13.2 Å². The normalized spacial score (nSPS) is 24.3. The van der Waals surface area contributed by atoms with Crippen molar-refractivity contribution in [3.63, 3.8) is 0 Å². The fraction of sp³-hybridized carbons (Fsp3) is 0.538. The zero-order valence-electron chi connectivity index (χ0n) is 9.62. The van der Waals surface area contributed by atoms with Crippen LogP contribution in [0.3, 0.4) is 0 Å². The summed E-state index contributed by atoms with van der Waals surface area (Å²) in [5.74, 6) is 1.51. The summed E-state index contributed by atoms with van der Waals surface area (Å²) in [6.45, 7) is 8.00. The van der Waals surface area contributed by atoms with Crippen molar-refractivity contribution in [2.45, 2.75) is 26.4 Å². The van der Waals surface area contributed by atoms with Gasteiger partial charge in [-0.3, -0.25) is 0 Å². The molecule has 0 aromatic heterocycles. The van der Waals surface area contributed by atoms with Crippen LogP contribution in [0.15, 0.2) is 24.3 Å². The molecule has 1 aliphatic heterocycles. The van der Waals surface area contributed by atoms with Crippen LogP contribution in [-0.2, 0) is 10.3 Å². The summed E-state index contributed by atoms with van der Waals surface area (Å²) < 4.78 is 11.0. The Morgan fingerprint density at radius 3 is 2.40 bits per heavy atom. The van der Waals surface area contributed by atoms with Gasteiger partial charge in [0.15, 0.2) is 0 Å². The molecule has 0 amide bonds. The fourth-order valence-electron chi connectivity index (χ4n) is 1.44. The van der Waals surface area contributed by atoms with Crippen molar-refractivity contribution in [1.82, 2.24) is 0 Å². The lowest BCUT2D eigenvalue weighted by atomic mass is 10.0. The van der Waals surface area contributed by atoms with Gasteiger partial charge in [-0.05, 0) is 30.5 Å². The molecule has 1 atom stereocenters. The molecule has 1 unspecified atom stereocenters. The molecule has 1 heterocycles. The quantitative estimate of drug-likeness (QED) is 0.706. The van der Waals surface area contributed by atoms with E-state index in [2.05, 4.69) is 32.9 Å². The lowest BCUT2D eigenvalue weighted by Crippen LogP contribution is -2.05. The maximum atomic E-state index is 5.61. The largest absolute Gasteiger partial charge is 0.493 e. The Labute approximate surface area is 91.2 Å². The van der Waals surface area contributed by atoms with Gasteiger partial charge in [-0.1, -0.05) is 26.0 Å². The summed E-state index contributed by atoms with van der Waals surface area (Å²) in [4.78, 5) is 0. The van der Waals surface area contributed by atoms with Gasteiger partial charge in [-0.2, -0.15) is 0 Å². The SMILES string of the molecule is CC(C)COc1ccc(C2(C)CO2)cc1. The number of epoxide rings is 1. The van der Waals surface area contributed by atoms with Crippen molar-refractivity contribution >= 4 is 0 Å². The average molecular weight is 206 g/mol. The van der Waals surface area contributed by atoms with E-state index in [-0.39, 0.29) is 5.60 Å². The number of hydrogen-bond acceptors (Lipinski definition) is 2. The summed E-state index contributed by atoms with van der Waals surface area (Å²) in [6, 6.07) is 8.21. The molecule has 1 fully saturated rings. The van der Waals surface area contributed by atoms with Gasteiger partial charge in [0.1, 0.15) is 11.4 Å². The summed E-state index contributed by atoms with van der Waals surface area (Å²) in [5.41, 5.74) is 1.20. The highest BCUT2D eigenvalue weighted by Crippen LogP contribution is 2.38. The third-order valence-corrected chi connectivity index (χ3v) is 2.63. The summed E-state index contributed by atoms with van der Waals surface area (Å²) >= 11 is 0. The molecular weight excluding hydrogens is 188 g/mol. The predicted octanol–water partition coefficient (Wildman–Crippen LogP) is 2.97. The first-order chi connectivity index (χ1) is 7.10. The Balaban J connectivity index is 1.98. The van der Waals surface area contributed by atoms with Crippen molar-refractivity contribution in [1.29, 1.82) is 0 Å². The van der Waals surface area contributed by atoms with Crippen LogP contribution in [0.25, 0.3) is 0 Å². The van der Waals surface area contributed by atoms with Gasteiger partial charge in [0.25, 0.3) is 0 Å². The van der Waals surface area contributed by atoms with Crippen LogP contribution in [0, 0.1) is 5.92 Å². The molecule has 2 nitrogen and oxygen atoms in total. The van der Waals surface area contributed by atoms with Gasteiger partial charge in [0.2, 0.25) is 0 Å². The first-order valence-corrected chi connectivity index (χ1v) is 5.47. The molecule has 1 aromatic carbocycles. The second-order valence-electron chi connectivity index (χ2n) is 4.75. The topological polar surface area (TPSA) is 21.8 Å². The van der Waals surface area contributed by atoms with Gasteiger partial charge >= 0.3 is 0 Å². The molecule has 0 bridgehead atoms. The molecule has 82 valence electrons. The smallest absolute Gasteiger partial charge is 0.119 e. The monoisotopic (exact) mass is 206 g/mol. The molecule has 15 heavy (non-hydrogen) atoms. The van der Waals surface area contributed by atoms with Crippen LogP contribution < -0.4 is 4.74 Å². The fourth-order valence-corrected chi connectivity index (χ4v) is 1.44. The maximum Gasteiger partial charge on any atom is 0.119 e. The van der Waals surface area contributed by atoms with Gasteiger partial charge < -0.3 is 9.47 Å². The van der Waals surface area contributed by atoms with E-state index in [0.29, 0.717) is 5.92 Å². The van der Waals surface area contributed by atoms with Crippen molar-refractivity contribution in [3.05, 3.63) is 29.8 Å². The van der Waals surface area contributed by atoms with Crippen molar-refractivity contribution in [2.75, 3.05) is 13.2 Å². The van der Waals surface area contributed by atoms with E-state index in [9.17, 15) is 0 Å². The third kappa shape index (κ3) is 2.51. The second-order valence-corrected chi connectivity index (χ2v) is 4.75. The first kappa shape index (κ1) is 10.5. The van der Waals surface area contributed by atoms with Gasteiger partial charge in [-0.15, -0.1) is 0 Å². The molecule has 2 heteroatoms. The lowest BCUT2D eigenvalue weighted by Gasteiger charge is -2.10. The number of rotatable bonds is 4. The average Bonchev–Trinajstić information content (AvgIpc) is 2.96. The Kier molecular flexibility index (Phi) is 2.70. The molecule has 2 rings (SSSR count). The molecule has 0 radical (unpaired) electrons. The van der Waals surface area contributed by atoms with E-state index < -0.39 is 0 Å². The number of ether oxygens (including phenoxy) is 2. The standard InChI is InChI=1S/C13H18O2/c1-10(2)8-14-12-6-4-11(5-7-12)13(3)9-15-13/h4-7,10H,8-9H2,1-3H3. The Morgan fingerprint density at radius 1 is 1.33 bits per heavy atom. The highest BCUT2D eigenvalue weighted by Gasteiger charge is 2.40. The van der Waals surface area contributed by atoms with Gasteiger partial charge in [0.05, 0.1) is 13.2 Å². The third-order valence-electron chi connectivity index (χ3n) is 2.63. The summed E-state index contributed by atoms with van der Waals surface area (Å²) in [7, 11) is 0. The highest BCUT2D eigenvalue weighted by molar-refractivity contribution is 5.32. The van der Waals surface area contributed by atoms with Gasteiger partial charge in [-0.25, -0.2) is 0 Å². The van der Waals surface area contributed by atoms with Crippen molar-refractivity contribution < 1.29 is 9.47 Å². The van der Waals surface area contributed by atoms with E-state index in [1.54, 1.807) is 0 Å². The van der Waals surface area contributed by atoms with E-state index in [4.69, 9.17) is 9.47 Å². The summed E-state index contributed by atoms with van der Waals surface area (Å²) in [5, 5.41) is 0. The van der Waals surface area contributed by atoms with Crippen molar-refractivity contribution in [3.8, 4) is 5.75 Å². The maximum absolute atomic E-state index is 5.61. The van der Waals surface area contributed by atoms with E-state index in [0.717, 1.165) is 19.0 Å². The molecule has 0 aliphatic carbocycles. The Bertz CT molecular complexity index is 323. The van der Waals surface area contributed by atoms with Gasteiger partial charge in [0, 0.05) is 0 Å². The molecular formula is C13H18O2. The minimum atomic E-state index is -0.0312. The minimum absolute atomic E-state index is 0.0312. The second kappa shape index (κ2) is 3.86.